The summed E-state index contributed by atoms with van der Waals surface area (Å²) in [5.74, 6) is 0.467. The van der Waals surface area contributed by atoms with E-state index in [1.165, 1.54) is 17.7 Å². The van der Waals surface area contributed by atoms with E-state index in [1.807, 2.05) is 13.0 Å². The molecule has 3 atom stereocenters. The van der Waals surface area contributed by atoms with Crippen LogP contribution in [0.3, 0.4) is 0 Å². The number of aliphatic imine (C=N–C) groups is 1. The van der Waals surface area contributed by atoms with Crippen molar-refractivity contribution in [2.24, 2.45) is 4.99 Å². The maximum Gasteiger partial charge on any atom is 0.194 e. The average molecular weight is 427 g/mol. The quantitative estimate of drug-likeness (QED) is 0.549. The molecule has 2 heterocycles. The zero-order valence-corrected chi connectivity index (χ0v) is 18.0. The highest BCUT2D eigenvalue weighted by atomic mass is 19.1. The van der Waals surface area contributed by atoms with Gasteiger partial charge in [-0.05, 0) is 30.2 Å². The zero-order chi connectivity index (χ0) is 21.6. The summed E-state index contributed by atoms with van der Waals surface area (Å²) < 4.78 is 19.2. The number of rotatable bonds is 6. The van der Waals surface area contributed by atoms with Gasteiger partial charge in [0, 0.05) is 32.7 Å². The molecule has 2 aromatic rings. The monoisotopic (exact) mass is 426 g/mol. The number of hydrogen-bond acceptors (Lipinski definition) is 4. The van der Waals surface area contributed by atoms with Gasteiger partial charge >= 0.3 is 0 Å². The second-order valence-electron chi connectivity index (χ2n) is 8.10. The largest absolute Gasteiger partial charge is 0.386 e. The minimum atomic E-state index is -0.773. The molecule has 6 nitrogen and oxygen atoms in total. The molecule has 0 aromatic heterocycles. The Kier molecular flexibility index (Phi) is 7.17. The number of likely N-dealkylation sites (tertiary alicyclic amines) is 1. The number of nitrogens with one attached hydrogen (secondary N) is 1. The molecule has 0 aliphatic carbocycles. The van der Waals surface area contributed by atoms with Gasteiger partial charge in [0.25, 0.3) is 0 Å². The van der Waals surface area contributed by atoms with E-state index in [1.54, 1.807) is 12.1 Å². The summed E-state index contributed by atoms with van der Waals surface area (Å²) in [6.07, 6.45) is -0.631. The standard InChI is InChI=1S/C24H31FN4O2/c1-2-26-24(27-14-22(30)19-8-10-20(25)11-9-19)29-16-21-23(17-29)31-13-12-28(21)15-18-6-4-3-5-7-18/h3-11,21-23,30H,2,12-17H2,1H3,(H,26,27). The summed E-state index contributed by atoms with van der Waals surface area (Å²) in [6, 6.07) is 16.8. The molecule has 4 rings (SSSR count). The van der Waals surface area contributed by atoms with Gasteiger partial charge in [-0.15, -0.1) is 0 Å². The van der Waals surface area contributed by atoms with Gasteiger partial charge in [0.05, 0.1) is 31.4 Å². The Balaban J connectivity index is 1.42. The van der Waals surface area contributed by atoms with Crippen LogP contribution in [0, 0.1) is 5.82 Å². The first-order valence-corrected chi connectivity index (χ1v) is 11.0. The molecule has 2 aliphatic rings. The molecule has 31 heavy (non-hydrogen) atoms. The van der Waals surface area contributed by atoms with Gasteiger partial charge in [-0.1, -0.05) is 42.5 Å². The number of guanidine groups is 1. The van der Waals surface area contributed by atoms with Gasteiger partial charge in [-0.3, -0.25) is 9.89 Å². The fraction of sp³-hybridized carbons (Fsp3) is 0.458. The van der Waals surface area contributed by atoms with Gasteiger partial charge in [0.15, 0.2) is 5.96 Å². The van der Waals surface area contributed by atoms with Crippen LogP contribution >= 0.6 is 0 Å². The fourth-order valence-electron chi connectivity index (χ4n) is 4.33. The molecule has 0 bridgehead atoms. The molecule has 2 saturated heterocycles. The summed E-state index contributed by atoms with van der Waals surface area (Å²) in [5.41, 5.74) is 1.97. The lowest BCUT2D eigenvalue weighted by Gasteiger charge is -2.36. The van der Waals surface area contributed by atoms with Crippen LogP contribution in [0.4, 0.5) is 4.39 Å². The lowest BCUT2D eigenvalue weighted by atomic mass is 10.1. The third-order valence-electron chi connectivity index (χ3n) is 5.95. The number of halogens is 1. The molecule has 2 N–H and O–H groups in total. The van der Waals surface area contributed by atoms with Gasteiger partial charge in [0.1, 0.15) is 5.82 Å². The van der Waals surface area contributed by atoms with E-state index < -0.39 is 6.10 Å². The number of fused-ring (bicyclic) bond motifs is 1. The first kappa shape index (κ1) is 21.7. The number of hydrogen-bond donors (Lipinski definition) is 2. The smallest absolute Gasteiger partial charge is 0.194 e. The summed E-state index contributed by atoms with van der Waals surface area (Å²) in [5, 5.41) is 13.8. The maximum absolute atomic E-state index is 13.1. The van der Waals surface area contributed by atoms with E-state index in [2.05, 4.69) is 44.4 Å². The molecular weight excluding hydrogens is 395 g/mol. The van der Waals surface area contributed by atoms with Crippen LogP contribution in [0.1, 0.15) is 24.2 Å². The van der Waals surface area contributed by atoms with Crippen molar-refractivity contribution in [1.82, 2.24) is 15.1 Å². The molecule has 2 aliphatic heterocycles. The second kappa shape index (κ2) is 10.2. The maximum atomic E-state index is 13.1. The Bertz CT molecular complexity index is 862. The number of benzene rings is 2. The number of ether oxygens (including phenoxy) is 1. The third kappa shape index (κ3) is 5.42. The van der Waals surface area contributed by atoms with Gasteiger partial charge in [-0.2, -0.15) is 0 Å². The predicted molar refractivity (Wildman–Crippen MR) is 119 cm³/mol. The van der Waals surface area contributed by atoms with Crippen LogP contribution in [-0.2, 0) is 11.3 Å². The van der Waals surface area contributed by atoms with Crippen molar-refractivity contribution in [3.8, 4) is 0 Å². The van der Waals surface area contributed by atoms with Crippen molar-refractivity contribution in [3.63, 3.8) is 0 Å². The van der Waals surface area contributed by atoms with Crippen LogP contribution < -0.4 is 5.32 Å². The normalized spacial score (nSPS) is 22.9. The van der Waals surface area contributed by atoms with Crippen LogP contribution in [0.2, 0.25) is 0 Å². The highest BCUT2D eigenvalue weighted by Gasteiger charge is 2.41. The lowest BCUT2D eigenvalue weighted by molar-refractivity contribution is -0.0502. The van der Waals surface area contributed by atoms with Crippen molar-refractivity contribution in [2.75, 3.05) is 39.3 Å². The fourth-order valence-corrected chi connectivity index (χ4v) is 4.33. The van der Waals surface area contributed by atoms with Crippen molar-refractivity contribution in [1.29, 1.82) is 0 Å². The number of morpholine rings is 1. The molecule has 2 aromatic carbocycles. The number of nitrogens with zero attached hydrogens (tertiary/aromatic N) is 3. The predicted octanol–water partition coefficient (Wildman–Crippen LogP) is 2.41. The van der Waals surface area contributed by atoms with Crippen molar-refractivity contribution < 1.29 is 14.2 Å². The van der Waals surface area contributed by atoms with Crippen LogP contribution in [-0.4, -0.2) is 72.3 Å². The molecule has 7 heteroatoms. The Morgan fingerprint density at radius 3 is 2.71 bits per heavy atom. The van der Waals surface area contributed by atoms with Crippen molar-refractivity contribution >= 4 is 5.96 Å². The Labute approximate surface area is 183 Å². The molecule has 0 spiro atoms. The molecule has 2 fully saturated rings. The number of aliphatic hydroxyl groups is 1. The van der Waals surface area contributed by atoms with E-state index in [-0.39, 0.29) is 18.5 Å². The summed E-state index contributed by atoms with van der Waals surface area (Å²) >= 11 is 0. The first-order valence-electron chi connectivity index (χ1n) is 11.0. The molecule has 0 saturated carbocycles. The highest BCUT2D eigenvalue weighted by molar-refractivity contribution is 5.80. The summed E-state index contributed by atoms with van der Waals surface area (Å²) in [7, 11) is 0. The Morgan fingerprint density at radius 1 is 1.19 bits per heavy atom. The van der Waals surface area contributed by atoms with Gasteiger partial charge in [0.2, 0.25) is 0 Å². The topological polar surface area (TPSA) is 60.3 Å². The van der Waals surface area contributed by atoms with Crippen LogP contribution in [0.15, 0.2) is 59.6 Å². The van der Waals surface area contributed by atoms with E-state index >= 15 is 0 Å². The van der Waals surface area contributed by atoms with Crippen molar-refractivity contribution in [3.05, 3.63) is 71.5 Å². The Hall–Kier alpha value is -2.48. The minimum Gasteiger partial charge on any atom is -0.386 e. The van der Waals surface area contributed by atoms with Crippen LogP contribution in [0.25, 0.3) is 0 Å². The van der Waals surface area contributed by atoms with Gasteiger partial charge < -0.3 is 20.1 Å². The highest BCUT2D eigenvalue weighted by Crippen LogP contribution is 2.25. The molecule has 3 unspecified atom stereocenters. The second-order valence-corrected chi connectivity index (χ2v) is 8.10. The Morgan fingerprint density at radius 2 is 1.97 bits per heavy atom. The molecule has 166 valence electrons. The third-order valence-corrected chi connectivity index (χ3v) is 5.95. The molecule has 0 radical (unpaired) electrons. The minimum absolute atomic E-state index is 0.142. The van der Waals surface area contributed by atoms with E-state index in [9.17, 15) is 9.50 Å². The summed E-state index contributed by atoms with van der Waals surface area (Å²) in [4.78, 5) is 9.40. The van der Waals surface area contributed by atoms with E-state index in [4.69, 9.17) is 4.74 Å². The average Bonchev–Trinajstić information content (AvgIpc) is 3.23. The number of aliphatic hydroxyl groups excluding tert-OH is 1. The van der Waals surface area contributed by atoms with E-state index in [0.717, 1.165) is 45.3 Å². The molecule has 0 amide bonds. The first-order chi connectivity index (χ1) is 15.1. The zero-order valence-electron chi connectivity index (χ0n) is 18.0. The van der Waals surface area contributed by atoms with Crippen molar-refractivity contribution in [2.45, 2.75) is 31.7 Å². The lowest BCUT2D eigenvalue weighted by Crippen LogP contribution is -2.50. The summed E-state index contributed by atoms with van der Waals surface area (Å²) in [6.45, 7) is 7.16. The molecular formula is C24H31FN4O2. The van der Waals surface area contributed by atoms with E-state index in [0.29, 0.717) is 11.6 Å². The van der Waals surface area contributed by atoms with Gasteiger partial charge in [-0.25, -0.2) is 4.39 Å². The van der Waals surface area contributed by atoms with Crippen LogP contribution in [0.5, 0.6) is 0 Å². The SMILES string of the molecule is CCNC(=NCC(O)c1ccc(F)cc1)N1CC2OCCN(Cc3ccccc3)C2C1.